The van der Waals surface area contributed by atoms with Gasteiger partial charge >= 0.3 is 0 Å². The molecule has 4 nitrogen and oxygen atoms in total. The van der Waals surface area contributed by atoms with E-state index in [-0.39, 0.29) is 16.7 Å². The van der Waals surface area contributed by atoms with Crippen LogP contribution in [0.25, 0.3) is 0 Å². The van der Waals surface area contributed by atoms with Gasteiger partial charge in [-0.3, -0.25) is 9.78 Å². The van der Waals surface area contributed by atoms with Crippen molar-refractivity contribution in [3.05, 3.63) is 21.3 Å². The number of nitrogens with zero attached hydrogens (tertiary/aromatic N) is 1. The van der Waals surface area contributed by atoms with Crippen molar-refractivity contribution in [2.75, 3.05) is 0 Å². The summed E-state index contributed by atoms with van der Waals surface area (Å²) in [6, 6.07) is 0. The Bertz CT molecular complexity index is 307. The van der Waals surface area contributed by atoms with Crippen molar-refractivity contribution in [3.63, 3.8) is 0 Å². The number of hydrogen-bond donors (Lipinski definition) is 2. The second kappa shape index (κ2) is 2.30. The number of rotatable bonds is 0. The molecule has 1 rings (SSSR count). The molecule has 0 bridgehead atoms. The molecule has 0 amide bonds. The van der Waals surface area contributed by atoms with Gasteiger partial charge in [0.05, 0.1) is 5.69 Å². The first-order valence-corrected chi connectivity index (χ1v) is 2.94. The summed E-state index contributed by atoms with van der Waals surface area (Å²) in [6.07, 6.45) is 0. The molecule has 0 saturated carbocycles. The van der Waals surface area contributed by atoms with Crippen LogP contribution >= 0.6 is 11.6 Å². The summed E-state index contributed by atoms with van der Waals surface area (Å²) in [4.78, 5) is 16.4. The molecule has 5 heteroatoms. The smallest absolute Gasteiger partial charge is 0.294 e. The van der Waals surface area contributed by atoms with Crippen molar-refractivity contribution < 1.29 is 5.11 Å². The molecule has 0 radical (unpaired) electrons. The zero-order valence-corrected chi connectivity index (χ0v) is 5.94. The fourth-order valence-electron chi connectivity index (χ4n) is 0.545. The van der Waals surface area contributed by atoms with E-state index in [1.54, 1.807) is 0 Å². The Kier molecular flexibility index (Phi) is 1.63. The molecule has 1 heterocycles. The number of aromatic amines is 1. The van der Waals surface area contributed by atoms with Crippen LogP contribution in [0.5, 0.6) is 5.75 Å². The summed E-state index contributed by atoms with van der Waals surface area (Å²) in [5, 5.41) is 8.85. The predicted molar refractivity (Wildman–Crippen MR) is 36.3 cm³/mol. The molecule has 0 saturated heterocycles. The van der Waals surface area contributed by atoms with Crippen molar-refractivity contribution in [3.8, 4) is 5.75 Å². The lowest BCUT2D eigenvalue weighted by atomic mass is 10.4. The van der Waals surface area contributed by atoms with E-state index >= 15 is 0 Å². The molecule has 1 aromatic heterocycles. The second-order valence-electron chi connectivity index (χ2n) is 1.79. The van der Waals surface area contributed by atoms with Crippen LogP contribution in [0, 0.1) is 6.92 Å². The average molecular weight is 161 g/mol. The van der Waals surface area contributed by atoms with E-state index in [1.807, 2.05) is 0 Å². The molecule has 0 fully saturated rings. The molecular formula is C5H5ClN2O2. The summed E-state index contributed by atoms with van der Waals surface area (Å²) in [7, 11) is 0. The number of aromatic hydroxyl groups is 1. The molecule has 0 aliphatic carbocycles. The molecule has 0 spiro atoms. The summed E-state index contributed by atoms with van der Waals surface area (Å²) >= 11 is 5.34. The quantitative estimate of drug-likeness (QED) is 0.541. The molecule has 0 aromatic carbocycles. The highest BCUT2D eigenvalue weighted by Crippen LogP contribution is 2.06. The van der Waals surface area contributed by atoms with E-state index in [0.717, 1.165) is 0 Å². The van der Waals surface area contributed by atoms with Crippen molar-refractivity contribution >= 4 is 11.6 Å². The van der Waals surface area contributed by atoms with E-state index in [9.17, 15) is 4.79 Å². The topological polar surface area (TPSA) is 66.0 Å². The summed E-state index contributed by atoms with van der Waals surface area (Å²) < 4.78 is 0. The van der Waals surface area contributed by atoms with Gasteiger partial charge in [0.15, 0.2) is 0 Å². The van der Waals surface area contributed by atoms with Crippen LogP contribution in [0.15, 0.2) is 4.79 Å². The van der Waals surface area contributed by atoms with Crippen LogP contribution in [0.4, 0.5) is 0 Å². The Hall–Kier alpha value is -1.03. The molecule has 10 heavy (non-hydrogen) atoms. The van der Waals surface area contributed by atoms with Crippen LogP contribution < -0.4 is 5.56 Å². The number of H-pyrrole nitrogens is 1. The third-order valence-electron chi connectivity index (χ3n) is 1.04. The van der Waals surface area contributed by atoms with Crippen LogP contribution in [0.2, 0.25) is 5.28 Å². The lowest BCUT2D eigenvalue weighted by Crippen LogP contribution is -2.08. The highest BCUT2D eigenvalue weighted by Gasteiger charge is 2.02. The van der Waals surface area contributed by atoms with Crippen molar-refractivity contribution in [2.24, 2.45) is 0 Å². The Morgan fingerprint density at radius 2 is 2.30 bits per heavy atom. The first-order chi connectivity index (χ1) is 4.61. The standard InChI is InChI=1S/C5H5ClN2O2/c1-2-3(9)4(10)8-5(6)7-2/h9H,1H3,(H,7,8,10). The van der Waals surface area contributed by atoms with Gasteiger partial charge in [0.25, 0.3) is 5.56 Å². The summed E-state index contributed by atoms with van der Waals surface area (Å²) in [6.45, 7) is 1.50. The minimum Gasteiger partial charge on any atom is -0.502 e. The highest BCUT2D eigenvalue weighted by atomic mass is 35.5. The van der Waals surface area contributed by atoms with E-state index < -0.39 is 5.56 Å². The van der Waals surface area contributed by atoms with Gasteiger partial charge in [0, 0.05) is 0 Å². The molecule has 0 atom stereocenters. The number of nitrogens with one attached hydrogen (secondary N) is 1. The Morgan fingerprint density at radius 3 is 2.80 bits per heavy atom. The third kappa shape index (κ3) is 1.11. The summed E-state index contributed by atoms with van der Waals surface area (Å²) in [5.74, 6) is -0.385. The minimum atomic E-state index is -0.613. The normalized spacial score (nSPS) is 9.80. The van der Waals surface area contributed by atoms with Gasteiger partial charge in [-0.1, -0.05) is 0 Å². The highest BCUT2D eigenvalue weighted by molar-refractivity contribution is 6.28. The second-order valence-corrected chi connectivity index (χ2v) is 2.15. The maximum atomic E-state index is 10.6. The first kappa shape index (κ1) is 7.08. The van der Waals surface area contributed by atoms with E-state index in [0.29, 0.717) is 0 Å². The van der Waals surface area contributed by atoms with Crippen molar-refractivity contribution in [1.82, 2.24) is 9.97 Å². The SMILES string of the molecule is Cc1nc(Cl)[nH]c(=O)c1O. The monoisotopic (exact) mass is 160 g/mol. The Morgan fingerprint density at radius 1 is 1.70 bits per heavy atom. The van der Waals surface area contributed by atoms with Crippen LogP contribution in [-0.4, -0.2) is 15.1 Å². The Balaban J connectivity index is 3.46. The molecule has 0 aliphatic rings. The third-order valence-corrected chi connectivity index (χ3v) is 1.22. The summed E-state index contributed by atoms with van der Waals surface area (Å²) in [5.41, 5.74) is -0.383. The lowest BCUT2D eigenvalue weighted by molar-refractivity contribution is 0.458. The number of aromatic nitrogens is 2. The van der Waals surface area contributed by atoms with E-state index in [2.05, 4.69) is 9.97 Å². The van der Waals surface area contributed by atoms with Crippen LogP contribution in [-0.2, 0) is 0 Å². The van der Waals surface area contributed by atoms with Crippen LogP contribution in [0.1, 0.15) is 5.69 Å². The Labute approximate surface area is 61.5 Å². The molecule has 0 aliphatic heterocycles. The van der Waals surface area contributed by atoms with Crippen molar-refractivity contribution in [1.29, 1.82) is 0 Å². The molecule has 2 N–H and O–H groups in total. The van der Waals surface area contributed by atoms with E-state index in [1.165, 1.54) is 6.92 Å². The van der Waals surface area contributed by atoms with Gasteiger partial charge in [-0.25, -0.2) is 4.98 Å². The maximum absolute atomic E-state index is 10.6. The maximum Gasteiger partial charge on any atom is 0.294 e. The van der Waals surface area contributed by atoms with Crippen molar-refractivity contribution in [2.45, 2.75) is 6.92 Å². The molecule has 1 aromatic rings. The van der Waals surface area contributed by atoms with Gasteiger partial charge in [-0.15, -0.1) is 0 Å². The van der Waals surface area contributed by atoms with Gasteiger partial charge in [-0.2, -0.15) is 0 Å². The number of halogens is 1. The molecule has 54 valence electrons. The van der Waals surface area contributed by atoms with Crippen LogP contribution in [0.3, 0.4) is 0 Å². The molecular weight excluding hydrogens is 156 g/mol. The van der Waals surface area contributed by atoms with Gasteiger partial charge < -0.3 is 5.11 Å². The lowest BCUT2D eigenvalue weighted by Gasteiger charge is -1.94. The zero-order chi connectivity index (χ0) is 7.72. The van der Waals surface area contributed by atoms with Gasteiger partial charge in [0.2, 0.25) is 11.0 Å². The van der Waals surface area contributed by atoms with E-state index in [4.69, 9.17) is 16.7 Å². The first-order valence-electron chi connectivity index (χ1n) is 2.56. The fraction of sp³-hybridized carbons (Fsp3) is 0.200. The number of aryl methyl sites for hydroxylation is 1. The zero-order valence-electron chi connectivity index (χ0n) is 5.18. The minimum absolute atomic E-state index is 0.0136. The van der Waals surface area contributed by atoms with Gasteiger partial charge in [0.1, 0.15) is 0 Å². The largest absolute Gasteiger partial charge is 0.502 e. The fourth-order valence-corrected chi connectivity index (χ4v) is 0.758. The van der Waals surface area contributed by atoms with Gasteiger partial charge in [-0.05, 0) is 18.5 Å². The molecule has 0 unspecified atom stereocenters. The predicted octanol–water partition coefficient (Wildman–Crippen LogP) is 0.437. The number of hydrogen-bond acceptors (Lipinski definition) is 3. The average Bonchev–Trinajstić information content (AvgIpc) is 1.82.